The van der Waals surface area contributed by atoms with Gasteiger partial charge >= 0.3 is 0 Å². The summed E-state index contributed by atoms with van der Waals surface area (Å²) in [6, 6.07) is 0. The van der Waals surface area contributed by atoms with E-state index in [2.05, 4.69) is 15.3 Å². The summed E-state index contributed by atoms with van der Waals surface area (Å²) in [7, 11) is 0. The first-order chi connectivity index (χ1) is 9.22. The standard InChI is InChI=1S/C12H17N5O2/c1-2-9-5-14-11(19-9)6-15-12(18)10-7-17(4-3-13)8-16-10/h5,7-8H,2-4,6,13H2,1H3,(H,15,18). The fraction of sp³-hybridized carbons (Fsp3) is 0.417. The van der Waals surface area contributed by atoms with Crippen molar-refractivity contribution in [2.24, 2.45) is 5.73 Å². The minimum Gasteiger partial charge on any atom is -0.444 e. The Kier molecular flexibility index (Phi) is 4.30. The van der Waals surface area contributed by atoms with E-state index in [0.717, 1.165) is 12.2 Å². The Hall–Kier alpha value is -2.15. The smallest absolute Gasteiger partial charge is 0.271 e. The van der Waals surface area contributed by atoms with Crippen LogP contribution in [0.4, 0.5) is 0 Å². The maximum atomic E-state index is 11.8. The van der Waals surface area contributed by atoms with Crippen molar-refractivity contribution < 1.29 is 9.21 Å². The zero-order valence-corrected chi connectivity index (χ0v) is 10.8. The van der Waals surface area contributed by atoms with Crippen LogP contribution in [0.5, 0.6) is 0 Å². The third-order valence-electron chi connectivity index (χ3n) is 2.60. The molecule has 1 amide bonds. The van der Waals surface area contributed by atoms with Gasteiger partial charge in [0.15, 0.2) is 0 Å². The van der Waals surface area contributed by atoms with Gasteiger partial charge in [-0.05, 0) is 0 Å². The summed E-state index contributed by atoms with van der Waals surface area (Å²) in [5.74, 6) is 1.04. The van der Waals surface area contributed by atoms with Gasteiger partial charge in [0.2, 0.25) is 5.89 Å². The molecule has 0 fully saturated rings. The highest BCUT2D eigenvalue weighted by Crippen LogP contribution is 2.04. The first kappa shape index (κ1) is 13.3. The predicted molar refractivity (Wildman–Crippen MR) is 68.3 cm³/mol. The molecule has 0 unspecified atom stereocenters. The number of hydrogen-bond acceptors (Lipinski definition) is 5. The predicted octanol–water partition coefficient (Wildman–Crippen LogP) is 0.322. The summed E-state index contributed by atoms with van der Waals surface area (Å²) < 4.78 is 7.17. The van der Waals surface area contributed by atoms with E-state index in [1.807, 2.05) is 6.92 Å². The highest BCUT2D eigenvalue weighted by Gasteiger charge is 2.10. The number of amides is 1. The van der Waals surface area contributed by atoms with E-state index in [9.17, 15) is 4.79 Å². The van der Waals surface area contributed by atoms with Crippen molar-refractivity contribution >= 4 is 5.91 Å². The van der Waals surface area contributed by atoms with Crippen molar-refractivity contribution in [1.82, 2.24) is 19.9 Å². The highest BCUT2D eigenvalue weighted by atomic mass is 16.4. The molecule has 7 heteroatoms. The molecule has 3 N–H and O–H groups in total. The molecule has 19 heavy (non-hydrogen) atoms. The molecule has 0 saturated heterocycles. The minimum absolute atomic E-state index is 0.253. The zero-order chi connectivity index (χ0) is 13.7. The molecule has 0 spiro atoms. The molecular formula is C12H17N5O2. The van der Waals surface area contributed by atoms with Crippen molar-refractivity contribution in [3.05, 3.63) is 36.1 Å². The van der Waals surface area contributed by atoms with E-state index in [-0.39, 0.29) is 12.5 Å². The molecule has 0 saturated carbocycles. The Morgan fingerprint density at radius 3 is 3.05 bits per heavy atom. The molecule has 102 valence electrons. The summed E-state index contributed by atoms with van der Waals surface area (Å²) in [6.07, 6.45) is 5.69. The largest absolute Gasteiger partial charge is 0.444 e. The van der Waals surface area contributed by atoms with Crippen molar-refractivity contribution in [2.45, 2.75) is 26.4 Å². The third-order valence-corrected chi connectivity index (χ3v) is 2.60. The molecule has 2 heterocycles. The van der Waals surface area contributed by atoms with Crippen LogP contribution in [0.25, 0.3) is 0 Å². The van der Waals surface area contributed by atoms with E-state index in [4.69, 9.17) is 10.2 Å². The lowest BCUT2D eigenvalue weighted by Gasteiger charge is -1.99. The summed E-state index contributed by atoms with van der Waals surface area (Å²) in [5.41, 5.74) is 5.78. The second kappa shape index (κ2) is 6.14. The molecule has 0 atom stereocenters. The van der Waals surface area contributed by atoms with Gasteiger partial charge in [0.1, 0.15) is 11.5 Å². The molecule has 2 aromatic heterocycles. The second-order valence-corrected chi connectivity index (χ2v) is 4.04. The fourth-order valence-electron chi connectivity index (χ4n) is 1.59. The molecule has 0 bridgehead atoms. The number of aromatic nitrogens is 3. The van der Waals surface area contributed by atoms with Crippen LogP contribution in [0.3, 0.4) is 0 Å². The lowest BCUT2D eigenvalue weighted by molar-refractivity contribution is 0.0942. The Labute approximate surface area is 110 Å². The van der Waals surface area contributed by atoms with Crippen molar-refractivity contribution in [3.63, 3.8) is 0 Å². The molecule has 2 aromatic rings. The zero-order valence-electron chi connectivity index (χ0n) is 10.8. The first-order valence-electron chi connectivity index (χ1n) is 6.16. The van der Waals surface area contributed by atoms with Gasteiger partial charge in [-0.2, -0.15) is 0 Å². The SMILES string of the molecule is CCc1cnc(CNC(=O)c2cn(CCN)cn2)o1. The summed E-state index contributed by atoms with van der Waals surface area (Å²) in [5, 5.41) is 2.71. The fourth-order valence-corrected chi connectivity index (χ4v) is 1.59. The van der Waals surface area contributed by atoms with E-state index in [1.165, 1.54) is 0 Å². The lowest BCUT2D eigenvalue weighted by Crippen LogP contribution is -2.23. The first-order valence-corrected chi connectivity index (χ1v) is 6.16. The summed E-state index contributed by atoms with van der Waals surface area (Å²) in [4.78, 5) is 19.9. The van der Waals surface area contributed by atoms with E-state index in [0.29, 0.717) is 24.7 Å². The van der Waals surface area contributed by atoms with Crippen molar-refractivity contribution in [2.75, 3.05) is 6.54 Å². The van der Waals surface area contributed by atoms with Gasteiger partial charge in [-0.1, -0.05) is 6.92 Å². The Morgan fingerprint density at radius 2 is 2.37 bits per heavy atom. The molecule has 0 aliphatic carbocycles. The van der Waals surface area contributed by atoms with Crippen LogP contribution < -0.4 is 11.1 Å². The van der Waals surface area contributed by atoms with Crippen LogP contribution in [-0.2, 0) is 19.5 Å². The van der Waals surface area contributed by atoms with E-state index >= 15 is 0 Å². The van der Waals surface area contributed by atoms with Crippen molar-refractivity contribution in [3.8, 4) is 0 Å². The average Bonchev–Trinajstić information content (AvgIpc) is 3.05. The number of aryl methyl sites for hydroxylation is 1. The van der Waals surface area contributed by atoms with Gasteiger partial charge < -0.3 is 20.0 Å². The van der Waals surface area contributed by atoms with Gasteiger partial charge in [-0.25, -0.2) is 9.97 Å². The van der Waals surface area contributed by atoms with Crippen LogP contribution in [-0.4, -0.2) is 27.0 Å². The van der Waals surface area contributed by atoms with Gasteiger partial charge in [-0.15, -0.1) is 0 Å². The maximum Gasteiger partial charge on any atom is 0.271 e. The Balaban J connectivity index is 1.89. The number of carbonyl (C=O) groups is 1. The van der Waals surface area contributed by atoms with Crippen LogP contribution >= 0.6 is 0 Å². The number of oxazole rings is 1. The van der Waals surface area contributed by atoms with Crippen molar-refractivity contribution in [1.29, 1.82) is 0 Å². The number of imidazole rings is 1. The highest BCUT2D eigenvalue weighted by molar-refractivity contribution is 5.91. The Bertz CT molecular complexity index is 546. The number of carbonyl (C=O) groups excluding carboxylic acids is 1. The summed E-state index contributed by atoms with van der Waals surface area (Å²) >= 11 is 0. The average molecular weight is 263 g/mol. The molecule has 0 aromatic carbocycles. The lowest BCUT2D eigenvalue weighted by atomic mass is 10.4. The molecular weight excluding hydrogens is 246 g/mol. The van der Waals surface area contributed by atoms with Crippen LogP contribution in [0, 0.1) is 0 Å². The molecule has 0 aliphatic heterocycles. The number of nitrogens with one attached hydrogen (secondary N) is 1. The van der Waals surface area contributed by atoms with Crippen LogP contribution in [0.2, 0.25) is 0 Å². The second-order valence-electron chi connectivity index (χ2n) is 4.04. The molecule has 7 nitrogen and oxygen atoms in total. The number of rotatable bonds is 6. The minimum atomic E-state index is -0.257. The number of nitrogens with two attached hydrogens (primary N) is 1. The van der Waals surface area contributed by atoms with Gasteiger partial charge in [0, 0.05) is 25.7 Å². The Morgan fingerprint density at radius 1 is 1.53 bits per heavy atom. The molecule has 2 rings (SSSR count). The maximum absolute atomic E-state index is 11.8. The quantitative estimate of drug-likeness (QED) is 0.782. The monoisotopic (exact) mass is 263 g/mol. The molecule has 0 aliphatic rings. The van der Waals surface area contributed by atoms with Crippen LogP contribution in [0.15, 0.2) is 23.1 Å². The van der Waals surface area contributed by atoms with Gasteiger partial charge in [0.25, 0.3) is 5.91 Å². The van der Waals surface area contributed by atoms with E-state index < -0.39 is 0 Å². The number of hydrogen-bond donors (Lipinski definition) is 2. The van der Waals surface area contributed by atoms with Gasteiger partial charge in [-0.3, -0.25) is 4.79 Å². The van der Waals surface area contributed by atoms with Crippen LogP contribution in [0.1, 0.15) is 29.1 Å². The van der Waals surface area contributed by atoms with E-state index in [1.54, 1.807) is 23.3 Å². The molecule has 0 radical (unpaired) electrons. The summed E-state index contributed by atoms with van der Waals surface area (Å²) in [6.45, 7) is 3.38. The topological polar surface area (TPSA) is 99.0 Å². The normalized spacial score (nSPS) is 10.6. The third kappa shape index (κ3) is 3.41. The van der Waals surface area contributed by atoms with Gasteiger partial charge in [0.05, 0.1) is 19.1 Å². The number of nitrogens with zero attached hydrogens (tertiary/aromatic N) is 3.